The fourth-order valence-corrected chi connectivity index (χ4v) is 7.60. The van der Waals surface area contributed by atoms with E-state index in [-0.39, 0.29) is 11.6 Å². The van der Waals surface area contributed by atoms with Crippen molar-refractivity contribution in [3.05, 3.63) is 60.7 Å². The van der Waals surface area contributed by atoms with Crippen LogP contribution in [0, 0.1) is 0 Å². The molecule has 0 aliphatic heterocycles. The maximum Gasteiger partial charge on any atom is 0.334 e. The SMILES string of the molecule is CC(C)(C)[Si](OCC(O)C(=O)O)(c1ccccc1)c1ccccc1. The number of aliphatic hydroxyl groups excluding tert-OH is 1. The third-order valence-electron chi connectivity index (χ3n) is 4.16. The fourth-order valence-electron chi connectivity index (χ4n) is 3.04. The van der Waals surface area contributed by atoms with Gasteiger partial charge in [-0.15, -0.1) is 0 Å². The van der Waals surface area contributed by atoms with Crippen LogP contribution in [0.25, 0.3) is 0 Å². The Hall–Kier alpha value is -1.95. The molecule has 0 saturated heterocycles. The van der Waals surface area contributed by atoms with E-state index in [0.717, 1.165) is 10.4 Å². The van der Waals surface area contributed by atoms with Gasteiger partial charge in [0.05, 0.1) is 6.61 Å². The maximum absolute atomic E-state index is 11.0. The summed E-state index contributed by atoms with van der Waals surface area (Å²) in [7, 11) is -2.78. The zero-order chi connectivity index (χ0) is 17.8. The fraction of sp³-hybridized carbons (Fsp3) is 0.316. The Bertz CT molecular complexity index is 625. The van der Waals surface area contributed by atoms with Crippen LogP contribution in [0.1, 0.15) is 20.8 Å². The molecule has 0 bridgehead atoms. The Kier molecular flexibility index (Phi) is 5.59. The lowest BCUT2D eigenvalue weighted by molar-refractivity contribution is -0.148. The first-order valence-corrected chi connectivity index (χ1v) is 9.86. The third kappa shape index (κ3) is 3.58. The lowest BCUT2D eigenvalue weighted by Crippen LogP contribution is -2.67. The molecule has 0 amide bonds. The maximum atomic E-state index is 11.0. The summed E-state index contributed by atoms with van der Waals surface area (Å²) in [5.74, 6) is -1.27. The second-order valence-corrected chi connectivity index (χ2v) is 11.1. The molecular formula is C19H24O4Si. The standard InChI is InChI=1S/C19H24O4Si/c1-19(2,3)24(15-10-6-4-7-11-15,16-12-8-5-9-13-16)23-14-17(20)18(21)22/h4-13,17,20H,14H2,1-3H3,(H,21,22). The van der Waals surface area contributed by atoms with Gasteiger partial charge in [-0.25, -0.2) is 4.79 Å². The zero-order valence-corrected chi connectivity index (χ0v) is 15.3. The molecule has 128 valence electrons. The number of benzene rings is 2. The Morgan fingerprint density at radius 1 is 1.00 bits per heavy atom. The van der Waals surface area contributed by atoms with E-state index in [1.165, 1.54) is 0 Å². The molecule has 2 aromatic carbocycles. The molecule has 0 aromatic heterocycles. The van der Waals surface area contributed by atoms with Crippen molar-refractivity contribution in [2.24, 2.45) is 0 Å². The van der Waals surface area contributed by atoms with Gasteiger partial charge < -0.3 is 14.6 Å². The van der Waals surface area contributed by atoms with E-state index in [9.17, 15) is 9.90 Å². The largest absolute Gasteiger partial charge is 0.479 e. The van der Waals surface area contributed by atoms with Crippen molar-refractivity contribution in [2.75, 3.05) is 6.61 Å². The summed E-state index contributed by atoms with van der Waals surface area (Å²) < 4.78 is 6.30. The Labute approximate surface area is 143 Å². The van der Waals surface area contributed by atoms with Gasteiger partial charge in [0.15, 0.2) is 6.10 Å². The first kappa shape index (κ1) is 18.4. The summed E-state index contributed by atoms with van der Waals surface area (Å²) in [5, 5.41) is 20.6. The van der Waals surface area contributed by atoms with Crippen molar-refractivity contribution in [3.8, 4) is 0 Å². The van der Waals surface area contributed by atoms with Gasteiger partial charge in [-0.1, -0.05) is 81.4 Å². The van der Waals surface area contributed by atoms with E-state index in [2.05, 4.69) is 20.8 Å². The summed E-state index contributed by atoms with van der Waals surface area (Å²) in [6.45, 7) is 6.08. The first-order valence-electron chi connectivity index (χ1n) is 7.95. The second kappa shape index (κ2) is 7.30. The summed E-state index contributed by atoms with van der Waals surface area (Å²) in [6.07, 6.45) is -1.54. The summed E-state index contributed by atoms with van der Waals surface area (Å²) in [5.41, 5.74) is 0. The minimum atomic E-state index is -2.78. The highest BCUT2D eigenvalue weighted by atomic mass is 28.4. The molecule has 0 radical (unpaired) electrons. The van der Waals surface area contributed by atoms with E-state index >= 15 is 0 Å². The predicted molar refractivity (Wildman–Crippen MR) is 97.2 cm³/mol. The molecular weight excluding hydrogens is 320 g/mol. The van der Waals surface area contributed by atoms with Gasteiger partial charge in [-0.3, -0.25) is 0 Å². The predicted octanol–water partition coefficient (Wildman–Crippen LogP) is 2.01. The normalized spacial score (nSPS) is 13.5. The molecule has 0 saturated carbocycles. The van der Waals surface area contributed by atoms with Crippen LogP contribution in [0.2, 0.25) is 5.04 Å². The molecule has 5 heteroatoms. The number of aliphatic carboxylic acids is 1. The molecule has 4 nitrogen and oxygen atoms in total. The zero-order valence-electron chi connectivity index (χ0n) is 14.3. The highest BCUT2D eigenvalue weighted by molar-refractivity contribution is 6.99. The Balaban J connectivity index is 2.59. The lowest BCUT2D eigenvalue weighted by Gasteiger charge is -2.43. The molecule has 0 fully saturated rings. The van der Waals surface area contributed by atoms with E-state index in [4.69, 9.17) is 9.53 Å². The smallest absolute Gasteiger partial charge is 0.334 e. The van der Waals surface area contributed by atoms with Crippen molar-refractivity contribution < 1.29 is 19.4 Å². The second-order valence-electron chi connectivity index (χ2n) is 6.83. The van der Waals surface area contributed by atoms with Crippen molar-refractivity contribution in [1.29, 1.82) is 0 Å². The third-order valence-corrected chi connectivity index (χ3v) is 9.16. The van der Waals surface area contributed by atoms with E-state index in [1.54, 1.807) is 0 Å². The van der Waals surface area contributed by atoms with Crippen LogP contribution >= 0.6 is 0 Å². The van der Waals surface area contributed by atoms with Crippen LogP contribution in [0.5, 0.6) is 0 Å². The molecule has 1 atom stereocenters. The number of aliphatic hydroxyl groups is 1. The number of rotatable bonds is 6. The van der Waals surface area contributed by atoms with Crippen LogP contribution in [0.3, 0.4) is 0 Å². The number of carboxylic acid groups (broad SMARTS) is 1. The molecule has 0 heterocycles. The average molecular weight is 344 g/mol. The molecule has 0 spiro atoms. The number of hydrogen-bond donors (Lipinski definition) is 2. The molecule has 2 aromatic rings. The summed E-state index contributed by atoms with van der Waals surface area (Å²) in [6, 6.07) is 19.8. The van der Waals surface area contributed by atoms with Crippen LogP contribution in [-0.2, 0) is 9.22 Å². The molecule has 2 rings (SSSR count). The number of hydrogen-bond acceptors (Lipinski definition) is 3. The van der Waals surface area contributed by atoms with Gasteiger partial charge in [0.2, 0.25) is 0 Å². The number of carboxylic acids is 1. The van der Waals surface area contributed by atoms with Gasteiger partial charge in [-0.05, 0) is 15.4 Å². The van der Waals surface area contributed by atoms with E-state index in [1.807, 2.05) is 60.7 Å². The van der Waals surface area contributed by atoms with Crippen molar-refractivity contribution in [2.45, 2.75) is 31.9 Å². The molecule has 1 unspecified atom stereocenters. The molecule has 0 aliphatic rings. The first-order chi connectivity index (χ1) is 11.3. The minimum absolute atomic E-state index is 0.234. The van der Waals surface area contributed by atoms with Crippen molar-refractivity contribution >= 4 is 24.7 Å². The van der Waals surface area contributed by atoms with Crippen LogP contribution < -0.4 is 10.4 Å². The van der Waals surface area contributed by atoms with Crippen LogP contribution in [-0.4, -0.2) is 37.2 Å². The Morgan fingerprint density at radius 3 is 1.75 bits per heavy atom. The summed E-state index contributed by atoms with van der Waals surface area (Å²) in [4.78, 5) is 11.0. The van der Waals surface area contributed by atoms with Crippen LogP contribution in [0.4, 0.5) is 0 Å². The lowest BCUT2D eigenvalue weighted by atomic mass is 10.2. The Morgan fingerprint density at radius 2 is 1.42 bits per heavy atom. The highest BCUT2D eigenvalue weighted by Gasteiger charge is 2.50. The molecule has 2 N–H and O–H groups in total. The van der Waals surface area contributed by atoms with Gasteiger partial charge in [0.25, 0.3) is 8.32 Å². The molecule has 0 aliphatic carbocycles. The average Bonchev–Trinajstić information content (AvgIpc) is 2.56. The quantitative estimate of drug-likeness (QED) is 0.787. The highest BCUT2D eigenvalue weighted by Crippen LogP contribution is 2.36. The van der Waals surface area contributed by atoms with E-state index in [0.29, 0.717) is 0 Å². The monoisotopic (exact) mass is 344 g/mol. The summed E-state index contributed by atoms with van der Waals surface area (Å²) >= 11 is 0. The van der Waals surface area contributed by atoms with Crippen LogP contribution in [0.15, 0.2) is 60.7 Å². The number of carbonyl (C=O) groups is 1. The van der Waals surface area contributed by atoms with Gasteiger partial charge in [0.1, 0.15) is 0 Å². The minimum Gasteiger partial charge on any atom is -0.479 e. The van der Waals surface area contributed by atoms with E-state index < -0.39 is 20.4 Å². The van der Waals surface area contributed by atoms with Gasteiger partial charge >= 0.3 is 5.97 Å². The van der Waals surface area contributed by atoms with Crippen molar-refractivity contribution in [1.82, 2.24) is 0 Å². The van der Waals surface area contributed by atoms with Gasteiger partial charge in [-0.2, -0.15) is 0 Å². The molecule has 24 heavy (non-hydrogen) atoms. The topological polar surface area (TPSA) is 66.8 Å². The van der Waals surface area contributed by atoms with Gasteiger partial charge in [0, 0.05) is 0 Å². The van der Waals surface area contributed by atoms with Crippen molar-refractivity contribution in [3.63, 3.8) is 0 Å².